The zero-order valence-electron chi connectivity index (χ0n) is 16.5. The third-order valence-electron chi connectivity index (χ3n) is 5.37. The maximum absolute atomic E-state index is 12.7. The zero-order valence-corrected chi connectivity index (χ0v) is 16.5. The lowest BCUT2D eigenvalue weighted by molar-refractivity contribution is -0.122. The second-order valence-electron chi connectivity index (χ2n) is 7.24. The van der Waals surface area contributed by atoms with E-state index in [9.17, 15) is 9.59 Å². The van der Waals surface area contributed by atoms with E-state index in [0.717, 1.165) is 43.4 Å². The summed E-state index contributed by atoms with van der Waals surface area (Å²) in [7, 11) is 1.59. The summed E-state index contributed by atoms with van der Waals surface area (Å²) in [6, 6.07) is 15.1. The Kier molecular flexibility index (Phi) is 5.67. The van der Waals surface area contributed by atoms with Crippen LogP contribution in [0, 0.1) is 5.92 Å². The maximum Gasteiger partial charge on any atom is 0.229 e. The number of rotatable bonds is 5. The van der Waals surface area contributed by atoms with Gasteiger partial charge in [-0.25, -0.2) is 0 Å². The molecule has 4 rings (SSSR count). The third kappa shape index (κ3) is 4.35. The van der Waals surface area contributed by atoms with Crippen LogP contribution in [0.2, 0.25) is 0 Å². The van der Waals surface area contributed by atoms with Crippen molar-refractivity contribution in [3.8, 4) is 5.75 Å². The smallest absolute Gasteiger partial charge is 0.229 e. The Morgan fingerprint density at radius 1 is 1.10 bits per heavy atom. The molecule has 1 N–H and O–H groups in total. The van der Waals surface area contributed by atoms with Gasteiger partial charge >= 0.3 is 0 Å². The Morgan fingerprint density at radius 2 is 1.86 bits per heavy atom. The molecular formula is C22H25N3O4. The first kappa shape index (κ1) is 19.3. The normalized spacial score (nSPS) is 19.3. The fourth-order valence-electron chi connectivity index (χ4n) is 3.73. The van der Waals surface area contributed by atoms with E-state index >= 15 is 0 Å². The van der Waals surface area contributed by atoms with E-state index in [2.05, 4.69) is 10.2 Å². The average molecular weight is 395 g/mol. The molecule has 2 aromatic rings. The molecule has 2 saturated heterocycles. The predicted octanol–water partition coefficient (Wildman–Crippen LogP) is 2.52. The molecule has 7 heteroatoms. The topological polar surface area (TPSA) is 71.1 Å². The lowest BCUT2D eigenvalue weighted by atomic mass is 10.1. The van der Waals surface area contributed by atoms with Crippen molar-refractivity contribution in [1.29, 1.82) is 0 Å². The van der Waals surface area contributed by atoms with Crippen LogP contribution in [-0.4, -0.2) is 51.8 Å². The van der Waals surface area contributed by atoms with Crippen molar-refractivity contribution in [2.75, 3.05) is 55.1 Å². The molecule has 0 radical (unpaired) electrons. The lowest BCUT2D eigenvalue weighted by Gasteiger charge is -2.28. The Balaban J connectivity index is 1.38. The molecule has 7 nitrogen and oxygen atoms in total. The van der Waals surface area contributed by atoms with Crippen LogP contribution in [0.15, 0.2) is 48.5 Å². The van der Waals surface area contributed by atoms with E-state index in [1.54, 1.807) is 12.0 Å². The van der Waals surface area contributed by atoms with Crippen molar-refractivity contribution in [2.24, 2.45) is 5.92 Å². The molecule has 0 saturated carbocycles. The SMILES string of the molecule is COc1cccc(N2CC(C(=O)Nc3ccc(N4CCOCC4)cc3)CC2=O)c1. The molecular weight excluding hydrogens is 370 g/mol. The number of carbonyl (C=O) groups excluding carboxylic acids is 2. The number of hydrogen-bond donors (Lipinski definition) is 1. The van der Waals surface area contributed by atoms with Crippen molar-refractivity contribution in [2.45, 2.75) is 6.42 Å². The number of benzene rings is 2. The average Bonchev–Trinajstić information content (AvgIpc) is 3.17. The van der Waals surface area contributed by atoms with E-state index in [0.29, 0.717) is 12.3 Å². The molecule has 1 unspecified atom stereocenters. The highest BCUT2D eigenvalue weighted by Crippen LogP contribution is 2.29. The Morgan fingerprint density at radius 3 is 2.59 bits per heavy atom. The number of nitrogens with zero attached hydrogens (tertiary/aromatic N) is 2. The van der Waals surface area contributed by atoms with Crippen LogP contribution < -0.4 is 19.9 Å². The zero-order chi connectivity index (χ0) is 20.2. The monoisotopic (exact) mass is 395 g/mol. The first-order chi connectivity index (χ1) is 14.1. The molecule has 2 heterocycles. The molecule has 0 bridgehead atoms. The number of amides is 2. The van der Waals surface area contributed by atoms with E-state index in [-0.39, 0.29) is 24.2 Å². The fraction of sp³-hybridized carbons (Fsp3) is 0.364. The minimum absolute atomic E-state index is 0.0546. The molecule has 2 amide bonds. The lowest BCUT2D eigenvalue weighted by Crippen LogP contribution is -2.36. The Bertz CT molecular complexity index is 878. The van der Waals surface area contributed by atoms with Crippen molar-refractivity contribution < 1.29 is 19.1 Å². The summed E-state index contributed by atoms with van der Waals surface area (Å²) < 4.78 is 10.6. The van der Waals surface area contributed by atoms with Gasteiger partial charge in [-0.3, -0.25) is 9.59 Å². The van der Waals surface area contributed by atoms with Crippen molar-refractivity contribution >= 4 is 28.9 Å². The molecule has 29 heavy (non-hydrogen) atoms. The number of anilines is 3. The van der Waals surface area contributed by atoms with Crippen LogP contribution in [0.1, 0.15) is 6.42 Å². The number of methoxy groups -OCH3 is 1. The highest BCUT2D eigenvalue weighted by atomic mass is 16.5. The molecule has 0 aliphatic carbocycles. The molecule has 2 aliphatic rings. The largest absolute Gasteiger partial charge is 0.497 e. The van der Waals surface area contributed by atoms with Gasteiger partial charge in [-0.05, 0) is 36.4 Å². The van der Waals surface area contributed by atoms with Crippen molar-refractivity contribution in [3.63, 3.8) is 0 Å². The van der Waals surface area contributed by atoms with Gasteiger partial charge in [0, 0.05) is 49.2 Å². The summed E-state index contributed by atoms with van der Waals surface area (Å²) in [5.74, 6) is 0.111. The van der Waals surface area contributed by atoms with E-state index < -0.39 is 0 Å². The summed E-state index contributed by atoms with van der Waals surface area (Å²) >= 11 is 0. The Labute approximate surface area is 170 Å². The van der Waals surface area contributed by atoms with Crippen LogP contribution in [-0.2, 0) is 14.3 Å². The minimum atomic E-state index is -0.382. The van der Waals surface area contributed by atoms with Crippen LogP contribution in [0.4, 0.5) is 17.1 Å². The van der Waals surface area contributed by atoms with Gasteiger partial charge in [-0.15, -0.1) is 0 Å². The molecule has 1 atom stereocenters. The number of ether oxygens (including phenoxy) is 2. The highest BCUT2D eigenvalue weighted by molar-refractivity contribution is 6.03. The first-order valence-corrected chi connectivity index (χ1v) is 9.82. The Hall–Kier alpha value is -3.06. The standard InChI is InChI=1S/C22H25N3O4/c1-28-20-4-2-3-19(14-20)25-15-16(13-21(25)26)22(27)23-17-5-7-18(8-6-17)24-9-11-29-12-10-24/h2-8,14,16H,9-13,15H2,1H3,(H,23,27). The third-order valence-corrected chi connectivity index (χ3v) is 5.37. The van der Waals surface area contributed by atoms with Crippen LogP contribution in [0.3, 0.4) is 0 Å². The quantitative estimate of drug-likeness (QED) is 0.842. The summed E-state index contributed by atoms with van der Waals surface area (Å²) in [5, 5.41) is 2.94. The van der Waals surface area contributed by atoms with Crippen molar-refractivity contribution in [3.05, 3.63) is 48.5 Å². The number of carbonyl (C=O) groups is 2. The van der Waals surface area contributed by atoms with Gasteiger partial charge in [0.15, 0.2) is 0 Å². The van der Waals surface area contributed by atoms with Gasteiger partial charge in [0.1, 0.15) is 5.75 Å². The van der Waals surface area contributed by atoms with Crippen molar-refractivity contribution in [1.82, 2.24) is 0 Å². The minimum Gasteiger partial charge on any atom is -0.497 e. The fourth-order valence-corrected chi connectivity index (χ4v) is 3.73. The number of nitrogens with one attached hydrogen (secondary N) is 1. The van der Waals surface area contributed by atoms with Gasteiger partial charge < -0.3 is 24.6 Å². The molecule has 0 spiro atoms. The summed E-state index contributed by atoms with van der Waals surface area (Å²) in [6.45, 7) is 3.58. The summed E-state index contributed by atoms with van der Waals surface area (Å²) in [5.41, 5.74) is 2.60. The van der Waals surface area contributed by atoms with E-state index in [1.807, 2.05) is 48.5 Å². The molecule has 2 fully saturated rings. The van der Waals surface area contributed by atoms with E-state index in [4.69, 9.17) is 9.47 Å². The number of morpholine rings is 1. The summed E-state index contributed by atoms with van der Waals surface area (Å²) in [6.07, 6.45) is 0.203. The maximum atomic E-state index is 12.7. The van der Waals surface area contributed by atoms with Gasteiger partial charge in [0.25, 0.3) is 0 Å². The second kappa shape index (κ2) is 8.53. The van der Waals surface area contributed by atoms with Crippen LogP contribution in [0.25, 0.3) is 0 Å². The van der Waals surface area contributed by atoms with Crippen LogP contribution >= 0.6 is 0 Å². The van der Waals surface area contributed by atoms with Gasteiger partial charge in [0.05, 0.1) is 26.2 Å². The van der Waals surface area contributed by atoms with Gasteiger partial charge in [-0.2, -0.15) is 0 Å². The van der Waals surface area contributed by atoms with E-state index in [1.165, 1.54) is 0 Å². The molecule has 152 valence electrons. The van der Waals surface area contributed by atoms with Gasteiger partial charge in [-0.1, -0.05) is 6.07 Å². The van der Waals surface area contributed by atoms with Crippen LogP contribution in [0.5, 0.6) is 5.75 Å². The first-order valence-electron chi connectivity index (χ1n) is 9.82. The molecule has 0 aromatic heterocycles. The molecule has 2 aliphatic heterocycles. The number of hydrogen-bond acceptors (Lipinski definition) is 5. The van der Waals surface area contributed by atoms with Gasteiger partial charge in [0.2, 0.25) is 11.8 Å². The summed E-state index contributed by atoms with van der Waals surface area (Å²) in [4.78, 5) is 29.1. The molecule has 2 aromatic carbocycles. The highest BCUT2D eigenvalue weighted by Gasteiger charge is 2.35. The predicted molar refractivity (Wildman–Crippen MR) is 112 cm³/mol. The second-order valence-corrected chi connectivity index (χ2v) is 7.24.